The molecule has 0 aliphatic carbocycles. The van der Waals surface area contributed by atoms with E-state index in [-0.39, 0.29) is 18.0 Å². The molecule has 1 amide bonds. The third-order valence-electron chi connectivity index (χ3n) is 3.23. The fourth-order valence-corrected chi connectivity index (χ4v) is 2.15. The SMILES string of the molecule is C[C@@H](N[C@H](C)c1noc(-c2ccc(Cl)cc2)n1)C(=O)N(C)C. The van der Waals surface area contributed by atoms with Crippen molar-refractivity contribution in [3.8, 4) is 11.5 Å². The molecule has 0 aliphatic heterocycles. The first-order valence-electron chi connectivity index (χ1n) is 6.95. The molecule has 0 bridgehead atoms. The molecule has 7 heteroatoms. The number of hydrogen-bond acceptors (Lipinski definition) is 5. The van der Waals surface area contributed by atoms with Gasteiger partial charge < -0.3 is 9.42 Å². The Labute approximate surface area is 134 Å². The molecular weight excluding hydrogens is 304 g/mol. The highest BCUT2D eigenvalue weighted by Gasteiger charge is 2.21. The summed E-state index contributed by atoms with van der Waals surface area (Å²) in [6.07, 6.45) is 0. The van der Waals surface area contributed by atoms with Crippen LogP contribution in [-0.4, -0.2) is 41.1 Å². The van der Waals surface area contributed by atoms with Gasteiger partial charge in [0.1, 0.15) is 0 Å². The van der Waals surface area contributed by atoms with E-state index in [1.54, 1.807) is 38.1 Å². The van der Waals surface area contributed by atoms with E-state index in [1.165, 1.54) is 0 Å². The van der Waals surface area contributed by atoms with E-state index in [4.69, 9.17) is 16.1 Å². The monoisotopic (exact) mass is 322 g/mol. The zero-order chi connectivity index (χ0) is 16.3. The van der Waals surface area contributed by atoms with Gasteiger partial charge in [0.2, 0.25) is 5.91 Å². The van der Waals surface area contributed by atoms with E-state index in [9.17, 15) is 4.79 Å². The molecule has 0 saturated heterocycles. The topological polar surface area (TPSA) is 71.3 Å². The molecule has 1 aromatic heterocycles. The predicted molar refractivity (Wildman–Crippen MR) is 84.5 cm³/mol. The molecule has 118 valence electrons. The fourth-order valence-electron chi connectivity index (χ4n) is 2.03. The lowest BCUT2D eigenvalue weighted by atomic mass is 10.2. The van der Waals surface area contributed by atoms with Crippen LogP contribution in [0.1, 0.15) is 25.7 Å². The normalized spacial score (nSPS) is 13.7. The number of halogens is 1. The van der Waals surface area contributed by atoms with Crippen LogP contribution in [0.2, 0.25) is 5.02 Å². The summed E-state index contributed by atoms with van der Waals surface area (Å²) >= 11 is 5.85. The van der Waals surface area contributed by atoms with Crippen LogP contribution in [0.15, 0.2) is 28.8 Å². The van der Waals surface area contributed by atoms with Gasteiger partial charge in [-0.25, -0.2) is 0 Å². The predicted octanol–water partition coefficient (Wildman–Crippen LogP) is 2.52. The first-order chi connectivity index (χ1) is 10.4. The van der Waals surface area contributed by atoms with E-state index in [2.05, 4.69) is 15.5 Å². The second-order valence-electron chi connectivity index (χ2n) is 5.31. The van der Waals surface area contributed by atoms with Gasteiger partial charge >= 0.3 is 0 Å². The molecule has 0 spiro atoms. The number of rotatable bonds is 5. The number of hydrogen-bond donors (Lipinski definition) is 1. The molecule has 2 atom stereocenters. The number of nitrogens with one attached hydrogen (secondary N) is 1. The van der Waals surface area contributed by atoms with E-state index in [0.29, 0.717) is 16.7 Å². The highest BCUT2D eigenvalue weighted by molar-refractivity contribution is 6.30. The Kier molecular flexibility index (Phi) is 5.15. The Balaban J connectivity index is 2.07. The summed E-state index contributed by atoms with van der Waals surface area (Å²) in [6.45, 7) is 3.69. The Morgan fingerprint density at radius 2 is 1.91 bits per heavy atom. The Morgan fingerprint density at radius 1 is 1.27 bits per heavy atom. The summed E-state index contributed by atoms with van der Waals surface area (Å²) in [6, 6.07) is 6.62. The van der Waals surface area contributed by atoms with Gasteiger partial charge in [-0.05, 0) is 38.1 Å². The summed E-state index contributed by atoms with van der Waals surface area (Å²) in [4.78, 5) is 17.8. The largest absolute Gasteiger partial charge is 0.347 e. The van der Waals surface area contributed by atoms with Crippen molar-refractivity contribution in [3.63, 3.8) is 0 Å². The van der Waals surface area contributed by atoms with E-state index in [0.717, 1.165) is 5.56 Å². The number of aromatic nitrogens is 2. The molecule has 1 aromatic carbocycles. The van der Waals surface area contributed by atoms with Crippen molar-refractivity contribution in [2.24, 2.45) is 0 Å². The van der Waals surface area contributed by atoms with Crippen LogP contribution in [0.25, 0.3) is 11.5 Å². The van der Waals surface area contributed by atoms with Crippen LogP contribution in [-0.2, 0) is 4.79 Å². The lowest BCUT2D eigenvalue weighted by molar-refractivity contribution is -0.130. The van der Waals surface area contributed by atoms with Crippen molar-refractivity contribution in [1.82, 2.24) is 20.4 Å². The number of amides is 1. The maximum absolute atomic E-state index is 11.9. The molecule has 1 N–H and O–H groups in total. The van der Waals surface area contributed by atoms with Crippen molar-refractivity contribution in [3.05, 3.63) is 35.1 Å². The average molecular weight is 323 g/mol. The van der Waals surface area contributed by atoms with Crippen LogP contribution < -0.4 is 5.32 Å². The number of carbonyl (C=O) groups excluding carboxylic acids is 1. The quantitative estimate of drug-likeness (QED) is 0.915. The summed E-state index contributed by atoms with van der Waals surface area (Å²) in [5.74, 6) is 0.920. The lowest BCUT2D eigenvalue weighted by Crippen LogP contribution is -2.42. The van der Waals surface area contributed by atoms with Gasteiger partial charge in [-0.15, -0.1) is 0 Å². The molecule has 2 rings (SSSR count). The maximum Gasteiger partial charge on any atom is 0.257 e. The Hall–Kier alpha value is -1.92. The zero-order valence-corrected chi connectivity index (χ0v) is 13.8. The Morgan fingerprint density at radius 3 is 2.50 bits per heavy atom. The molecule has 0 aliphatic rings. The fraction of sp³-hybridized carbons (Fsp3) is 0.400. The van der Waals surface area contributed by atoms with Gasteiger partial charge in [-0.3, -0.25) is 10.1 Å². The third-order valence-corrected chi connectivity index (χ3v) is 3.48. The highest BCUT2D eigenvalue weighted by atomic mass is 35.5. The van der Waals surface area contributed by atoms with E-state index >= 15 is 0 Å². The zero-order valence-electron chi connectivity index (χ0n) is 13.0. The molecule has 0 unspecified atom stereocenters. The number of carbonyl (C=O) groups is 1. The minimum Gasteiger partial charge on any atom is -0.347 e. The second-order valence-corrected chi connectivity index (χ2v) is 5.74. The highest BCUT2D eigenvalue weighted by Crippen LogP contribution is 2.21. The van der Waals surface area contributed by atoms with Crippen LogP contribution in [0.5, 0.6) is 0 Å². The van der Waals surface area contributed by atoms with Crippen LogP contribution in [0.4, 0.5) is 0 Å². The van der Waals surface area contributed by atoms with Gasteiger partial charge in [-0.2, -0.15) is 4.98 Å². The summed E-state index contributed by atoms with van der Waals surface area (Å²) in [5.41, 5.74) is 0.799. The average Bonchev–Trinajstić information content (AvgIpc) is 2.96. The summed E-state index contributed by atoms with van der Waals surface area (Å²) < 4.78 is 5.26. The lowest BCUT2D eigenvalue weighted by Gasteiger charge is -2.20. The molecule has 1 heterocycles. The molecule has 22 heavy (non-hydrogen) atoms. The van der Waals surface area contributed by atoms with Gasteiger partial charge in [-0.1, -0.05) is 16.8 Å². The smallest absolute Gasteiger partial charge is 0.257 e. The number of nitrogens with zero attached hydrogens (tertiary/aromatic N) is 3. The van der Waals surface area contributed by atoms with Gasteiger partial charge in [0, 0.05) is 24.7 Å². The van der Waals surface area contributed by atoms with Crippen molar-refractivity contribution >= 4 is 17.5 Å². The van der Waals surface area contributed by atoms with Crippen LogP contribution in [0.3, 0.4) is 0 Å². The van der Waals surface area contributed by atoms with Gasteiger partial charge in [0.05, 0.1) is 12.1 Å². The van der Waals surface area contributed by atoms with Gasteiger partial charge in [0.15, 0.2) is 5.82 Å². The summed E-state index contributed by atoms with van der Waals surface area (Å²) in [5, 5.41) is 7.77. The Bertz CT molecular complexity index is 639. The first kappa shape index (κ1) is 16.5. The van der Waals surface area contributed by atoms with Crippen molar-refractivity contribution < 1.29 is 9.32 Å². The molecular formula is C15H19ClN4O2. The maximum atomic E-state index is 11.9. The minimum absolute atomic E-state index is 0.00623. The molecule has 6 nitrogen and oxygen atoms in total. The van der Waals surface area contributed by atoms with Crippen molar-refractivity contribution in [2.45, 2.75) is 25.9 Å². The third kappa shape index (κ3) is 3.84. The van der Waals surface area contributed by atoms with Gasteiger partial charge in [0.25, 0.3) is 5.89 Å². The minimum atomic E-state index is -0.331. The molecule has 0 radical (unpaired) electrons. The van der Waals surface area contributed by atoms with Crippen molar-refractivity contribution in [1.29, 1.82) is 0 Å². The van der Waals surface area contributed by atoms with Crippen LogP contribution >= 0.6 is 11.6 Å². The molecule has 2 aromatic rings. The van der Waals surface area contributed by atoms with Crippen molar-refractivity contribution in [2.75, 3.05) is 14.1 Å². The standard InChI is InChI=1S/C15H19ClN4O2/c1-9(17-10(2)15(21)20(3)4)13-18-14(22-19-13)11-5-7-12(16)8-6-11/h5-10,17H,1-4H3/t9-,10-/m1/s1. The second kappa shape index (κ2) is 6.89. The molecule has 0 saturated carbocycles. The van der Waals surface area contributed by atoms with E-state index in [1.807, 2.05) is 19.1 Å². The van der Waals surface area contributed by atoms with E-state index < -0.39 is 0 Å². The number of benzene rings is 1. The van der Waals surface area contributed by atoms with Crippen LogP contribution in [0, 0.1) is 0 Å². The first-order valence-corrected chi connectivity index (χ1v) is 7.33. The molecule has 0 fully saturated rings. The summed E-state index contributed by atoms with van der Waals surface area (Å²) in [7, 11) is 3.44. The number of likely N-dealkylation sites (N-methyl/N-ethyl adjacent to an activating group) is 1.